The van der Waals surface area contributed by atoms with Gasteiger partial charge in [0.05, 0.1) is 0 Å². The molecule has 0 saturated carbocycles. The fourth-order valence-corrected chi connectivity index (χ4v) is 2.06. The van der Waals surface area contributed by atoms with Crippen molar-refractivity contribution in [3.63, 3.8) is 0 Å². The Bertz CT molecular complexity index is 788. The summed E-state index contributed by atoms with van der Waals surface area (Å²) in [6, 6.07) is 5.27. The summed E-state index contributed by atoms with van der Waals surface area (Å²) in [5, 5.41) is 10.1. The largest absolute Gasteiger partial charge is 0.507 e. The Morgan fingerprint density at radius 2 is 2.00 bits per heavy atom. The number of aliphatic imine (C=N–C) groups is 1. The van der Waals surface area contributed by atoms with Crippen LogP contribution in [0.5, 0.6) is 5.75 Å². The molecular weight excluding hydrogens is 284 g/mol. The lowest BCUT2D eigenvalue weighted by atomic mass is 10.2. The minimum atomic E-state index is -0.588. The van der Waals surface area contributed by atoms with Gasteiger partial charge in [0, 0.05) is 42.8 Å². The van der Waals surface area contributed by atoms with Crippen LogP contribution in [0.1, 0.15) is 19.4 Å². The molecule has 116 valence electrons. The summed E-state index contributed by atoms with van der Waals surface area (Å²) in [5.41, 5.74) is 0.296. The van der Waals surface area contributed by atoms with Crippen molar-refractivity contribution in [3.05, 3.63) is 50.8 Å². The molecule has 0 amide bonds. The third-order valence-electron chi connectivity index (χ3n) is 3.29. The van der Waals surface area contributed by atoms with Gasteiger partial charge in [-0.3, -0.25) is 9.78 Å². The summed E-state index contributed by atoms with van der Waals surface area (Å²) in [7, 11) is 0. The van der Waals surface area contributed by atoms with Gasteiger partial charge in [0.25, 0.3) is 5.56 Å². The van der Waals surface area contributed by atoms with Crippen molar-refractivity contribution < 1.29 is 5.11 Å². The number of nitrogens with zero attached hydrogens (tertiary/aromatic N) is 2. The van der Waals surface area contributed by atoms with E-state index in [1.807, 2.05) is 19.9 Å². The molecule has 22 heavy (non-hydrogen) atoms. The highest BCUT2D eigenvalue weighted by Gasteiger charge is 2.06. The van der Waals surface area contributed by atoms with Crippen molar-refractivity contribution >= 4 is 17.6 Å². The van der Waals surface area contributed by atoms with Gasteiger partial charge in [-0.25, -0.2) is 9.79 Å². The molecule has 0 aliphatic heterocycles. The van der Waals surface area contributed by atoms with Crippen molar-refractivity contribution in [2.45, 2.75) is 13.8 Å². The molecule has 7 heteroatoms. The Kier molecular flexibility index (Phi) is 4.77. The highest BCUT2D eigenvalue weighted by Crippen LogP contribution is 2.23. The van der Waals surface area contributed by atoms with Crippen LogP contribution in [-0.2, 0) is 0 Å². The first-order valence-corrected chi connectivity index (χ1v) is 6.99. The Morgan fingerprint density at radius 1 is 1.27 bits per heavy atom. The SMILES string of the molecule is CCN(CC)c1ccc(C=Nc2c[nH]c(=O)[nH]c2=O)c(O)c1. The average molecular weight is 302 g/mol. The molecule has 0 saturated heterocycles. The van der Waals surface area contributed by atoms with Gasteiger partial charge in [-0.15, -0.1) is 0 Å². The number of anilines is 1. The normalized spacial score (nSPS) is 11.0. The summed E-state index contributed by atoms with van der Waals surface area (Å²) in [4.78, 5) is 32.9. The van der Waals surface area contributed by atoms with Crippen molar-refractivity contribution in [2.24, 2.45) is 4.99 Å². The fourth-order valence-electron chi connectivity index (χ4n) is 2.06. The molecule has 2 rings (SSSR count). The van der Waals surface area contributed by atoms with Crippen LogP contribution in [0.4, 0.5) is 11.4 Å². The molecular formula is C15H18N4O3. The number of phenolic OH excluding ortho intramolecular Hbond substituents is 1. The van der Waals surface area contributed by atoms with Crippen LogP contribution in [-0.4, -0.2) is 34.4 Å². The minimum absolute atomic E-state index is 0.0619. The summed E-state index contributed by atoms with van der Waals surface area (Å²) >= 11 is 0. The molecule has 0 fully saturated rings. The Hall–Kier alpha value is -2.83. The van der Waals surface area contributed by atoms with E-state index in [2.05, 4.69) is 19.9 Å². The molecule has 2 aromatic rings. The molecule has 0 atom stereocenters. The molecule has 0 aliphatic rings. The topological polar surface area (TPSA) is 102 Å². The molecule has 7 nitrogen and oxygen atoms in total. The molecule has 1 heterocycles. The van der Waals surface area contributed by atoms with Gasteiger partial charge in [0.15, 0.2) is 0 Å². The Balaban J connectivity index is 2.28. The van der Waals surface area contributed by atoms with Crippen molar-refractivity contribution in [1.29, 1.82) is 0 Å². The molecule has 1 aromatic carbocycles. The molecule has 0 aliphatic carbocycles. The third-order valence-corrected chi connectivity index (χ3v) is 3.29. The van der Waals surface area contributed by atoms with E-state index in [-0.39, 0.29) is 11.4 Å². The number of rotatable bonds is 5. The predicted octanol–water partition coefficient (Wildman–Crippen LogP) is 1.37. The van der Waals surface area contributed by atoms with E-state index in [1.54, 1.807) is 12.1 Å². The van der Waals surface area contributed by atoms with E-state index >= 15 is 0 Å². The fraction of sp³-hybridized carbons (Fsp3) is 0.267. The van der Waals surface area contributed by atoms with Crippen LogP contribution in [0.3, 0.4) is 0 Å². The van der Waals surface area contributed by atoms with E-state index < -0.39 is 11.2 Å². The van der Waals surface area contributed by atoms with Crippen LogP contribution >= 0.6 is 0 Å². The van der Waals surface area contributed by atoms with Crippen LogP contribution in [0.25, 0.3) is 0 Å². The molecule has 0 radical (unpaired) electrons. The first-order valence-electron chi connectivity index (χ1n) is 6.99. The Morgan fingerprint density at radius 3 is 2.59 bits per heavy atom. The summed E-state index contributed by atoms with van der Waals surface area (Å²) in [6.45, 7) is 5.77. The van der Waals surface area contributed by atoms with E-state index in [1.165, 1.54) is 12.4 Å². The monoisotopic (exact) mass is 302 g/mol. The van der Waals surface area contributed by atoms with E-state index in [0.717, 1.165) is 18.8 Å². The first kappa shape index (κ1) is 15.6. The number of hydrogen-bond acceptors (Lipinski definition) is 5. The number of H-pyrrole nitrogens is 2. The second kappa shape index (κ2) is 6.75. The lowest BCUT2D eigenvalue weighted by molar-refractivity contribution is 0.474. The van der Waals surface area contributed by atoms with Gasteiger partial charge in [0.1, 0.15) is 11.4 Å². The third kappa shape index (κ3) is 3.43. The maximum absolute atomic E-state index is 11.5. The van der Waals surface area contributed by atoms with Gasteiger partial charge >= 0.3 is 5.69 Å². The van der Waals surface area contributed by atoms with Gasteiger partial charge in [-0.2, -0.15) is 0 Å². The summed E-state index contributed by atoms with van der Waals surface area (Å²) in [5.74, 6) is 0.0778. The second-order valence-electron chi connectivity index (χ2n) is 4.63. The maximum Gasteiger partial charge on any atom is 0.325 e. The lowest BCUT2D eigenvalue weighted by Gasteiger charge is -2.21. The van der Waals surface area contributed by atoms with Crippen LogP contribution in [0, 0.1) is 0 Å². The predicted molar refractivity (Wildman–Crippen MR) is 86.6 cm³/mol. The number of aromatic nitrogens is 2. The van der Waals surface area contributed by atoms with Crippen molar-refractivity contribution in [3.8, 4) is 5.75 Å². The standard InChI is InChI=1S/C15H18N4O3/c1-3-19(4-2)11-6-5-10(13(20)7-11)8-16-12-9-17-15(22)18-14(12)21/h5-9,20H,3-4H2,1-2H3,(H2,17,18,21,22). The Labute approximate surface area is 127 Å². The number of benzene rings is 1. The quantitative estimate of drug-likeness (QED) is 0.726. The van der Waals surface area contributed by atoms with Gasteiger partial charge in [0.2, 0.25) is 0 Å². The molecule has 0 bridgehead atoms. The van der Waals surface area contributed by atoms with Gasteiger partial charge < -0.3 is 15.0 Å². The zero-order chi connectivity index (χ0) is 16.1. The minimum Gasteiger partial charge on any atom is -0.507 e. The van der Waals surface area contributed by atoms with Crippen LogP contribution in [0.15, 0.2) is 39.0 Å². The number of aromatic amines is 2. The van der Waals surface area contributed by atoms with Gasteiger partial charge in [-0.1, -0.05) is 0 Å². The van der Waals surface area contributed by atoms with Crippen LogP contribution in [0.2, 0.25) is 0 Å². The highest BCUT2D eigenvalue weighted by molar-refractivity contribution is 5.86. The second-order valence-corrected chi connectivity index (χ2v) is 4.63. The van der Waals surface area contributed by atoms with E-state index in [9.17, 15) is 14.7 Å². The number of aromatic hydroxyl groups is 1. The summed E-state index contributed by atoms with van der Waals surface area (Å²) in [6.07, 6.45) is 2.60. The zero-order valence-corrected chi connectivity index (χ0v) is 12.5. The maximum atomic E-state index is 11.5. The zero-order valence-electron chi connectivity index (χ0n) is 12.5. The van der Waals surface area contributed by atoms with Gasteiger partial charge in [-0.05, 0) is 26.0 Å². The lowest BCUT2D eigenvalue weighted by Crippen LogP contribution is -2.21. The summed E-state index contributed by atoms with van der Waals surface area (Å²) < 4.78 is 0. The van der Waals surface area contributed by atoms with Crippen LogP contribution < -0.4 is 16.1 Å². The average Bonchev–Trinajstić information content (AvgIpc) is 2.49. The van der Waals surface area contributed by atoms with E-state index in [0.29, 0.717) is 5.56 Å². The van der Waals surface area contributed by atoms with Crippen molar-refractivity contribution in [1.82, 2.24) is 9.97 Å². The molecule has 1 aromatic heterocycles. The highest BCUT2D eigenvalue weighted by atomic mass is 16.3. The van der Waals surface area contributed by atoms with Crippen molar-refractivity contribution in [2.75, 3.05) is 18.0 Å². The van der Waals surface area contributed by atoms with E-state index in [4.69, 9.17) is 0 Å². The number of phenols is 1. The smallest absolute Gasteiger partial charge is 0.325 e. The molecule has 0 unspecified atom stereocenters. The molecule has 0 spiro atoms. The first-order chi connectivity index (χ1) is 10.5. The number of hydrogen-bond donors (Lipinski definition) is 3. The number of nitrogens with one attached hydrogen (secondary N) is 2. The molecule has 3 N–H and O–H groups in total.